The molecule has 14 heavy (non-hydrogen) atoms. The minimum atomic E-state index is 0.688. The molecular formula is C10H17N3S. The van der Waals surface area contributed by atoms with E-state index in [0.717, 1.165) is 26.2 Å². The van der Waals surface area contributed by atoms with Crippen molar-refractivity contribution in [3.63, 3.8) is 0 Å². The molecule has 1 fully saturated rings. The molecule has 0 radical (unpaired) electrons. The normalized spacial score (nSPS) is 23.9. The molecule has 1 unspecified atom stereocenters. The van der Waals surface area contributed by atoms with Crippen LogP contribution in [0.3, 0.4) is 0 Å². The first-order valence-electron chi connectivity index (χ1n) is 5.23. The van der Waals surface area contributed by atoms with Crippen molar-refractivity contribution in [3.05, 3.63) is 16.6 Å². The fourth-order valence-electron chi connectivity index (χ4n) is 1.92. The summed E-state index contributed by atoms with van der Waals surface area (Å²) < 4.78 is 0. The zero-order chi connectivity index (χ0) is 9.80. The molecule has 1 N–H and O–H groups in total. The number of piperazine rings is 1. The molecule has 4 heteroatoms. The Morgan fingerprint density at radius 1 is 1.71 bits per heavy atom. The number of nitrogens with one attached hydrogen (secondary N) is 1. The third kappa shape index (κ3) is 2.32. The van der Waals surface area contributed by atoms with Crippen LogP contribution < -0.4 is 5.32 Å². The van der Waals surface area contributed by atoms with E-state index >= 15 is 0 Å². The second-order valence-electron chi connectivity index (χ2n) is 3.66. The maximum Gasteiger partial charge on any atom is 0.107 e. The molecule has 1 aliphatic rings. The topological polar surface area (TPSA) is 28.2 Å². The Morgan fingerprint density at radius 3 is 3.36 bits per heavy atom. The van der Waals surface area contributed by atoms with Gasteiger partial charge in [-0.3, -0.25) is 4.90 Å². The largest absolute Gasteiger partial charge is 0.314 e. The van der Waals surface area contributed by atoms with Crippen LogP contribution in [0.4, 0.5) is 0 Å². The molecule has 78 valence electrons. The van der Waals surface area contributed by atoms with Crippen molar-refractivity contribution >= 4 is 11.3 Å². The number of nitrogens with zero attached hydrogens (tertiary/aromatic N) is 2. The first kappa shape index (κ1) is 10.1. The lowest BCUT2D eigenvalue weighted by Gasteiger charge is -2.34. The average Bonchev–Trinajstić information content (AvgIpc) is 2.71. The van der Waals surface area contributed by atoms with E-state index in [2.05, 4.69) is 27.5 Å². The Kier molecular flexibility index (Phi) is 3.50. The van der Waals surface area contributed by atoms with Crippen LogP contribution in [0, 0.1) is 0 Å². The van der Waals surface area contributed by atoms with Gasteiger partial charge in [-0.25, -0.2) is 4.98 Å². The molecule has 0 aliphatic carbocycles. The summed E-state index contributed by atoms with van der Waals surface area (Å²) in [4.78, 5) is 6.87. The number of thiazole rings is 1. The molecule has 2 heterocycles. The summed E-state index contributed by atoms with van der Waals surface area (Å²) in [6, 6.07) is 0.688. The van der Waals surface area contributed by atoms with Crippen LogP contribution in [0.1, 0.15) is 18.4 Å². The molecule has 1 saturated heterocycles. The smallest absolute Gasteiger partial charge is 0.107 e. The standard InChI is InChI=1S/C10H17N3S/c1-2-9-7-11-3-5-13(9)8-10-12-4-6-14-10/h4,6,9,11H,2-3,5,7-8H2,1H3. The number of rotatable bonds is 3. The molecule has 1 aromatic heterocycles. The van der Waals surface area contributed by atoms with E-state index in [-0.39, 0.29) is 0 Å². The van der Waals surface area contributed by atoms with E-state index in [9.17, 15) is 0 Å². The third-order valence-corrected chi connectivity index (χ3v) is 3.53. The molecule has 1 aliphatic heterocycles. The highest BCUT2D eigenvalue weighted by atomic mass is 32.1. The van der Waals surface area contributed by atoms with Crippen molar-refractivity contribution < 1.29 is 0 Å². The van der Waals surface area contributed by atoms with E-state index in [1.165, 1.54) is 11.4 Å². The zero-order valence-electron chi connectivity index (χ0n) is 8.57. The monoisotopic (exact) mass is 211 g/mol. The lowest BCUT2D eigenvalue weighted by atomic mass is 10.1. The highest BCUT2D eigenvalue weighted by Gasteiger charge is 2.20. The quantitative estimate of drug-likeness (QED) is 0.817. The van der Waals surface area contributed by atoms with E-state index in [1.54, 1.807) is 11.3 Å². The summed E-state index contributed by atoms with van der Waals surface area (Å²) >= 11 is 1.76. The van der Waals surface area contributed by atoms with Gasteiger partial charge in [-0.15, -0.1) is 11.3 Å². The summed E-state index contributed by atoms with van der Waals surface area (Å²) in [5.74, 6) is 0. The number of hydrogen-bond donors (Lipinski definition) is 1. The second kappa shape index (κ2) is 4.87. The van der Waals surface area contributed by atoms with Crippen molar-refractivity contribution in [1.29, 1.82) is 0 Å². The van der Waals surface area contributed by atoms with E-state index < -0.39 is 0 Å². The Balaban J connectivity index is 1.94. The van der Waals surface area contributed by atoms with Gasteiger partial charge in [0, 0.05) is 37.3 Å². The van der Waals surface area contributed by atoms with Crippen molar-refractivity contribution in [2.24, 2.45) is 0 Å². The predicted octanol–water partition coefficient (Wildman–Crippen LogP) is 1.33. The molecule has 3 nitrogen and oxygen atoms in total. The zero-order valence-corrected chi connectivity index (χ0v) is 9.39. The molecule has 0 bridgehead atoms. The maximum absolute atomic E-state index is 4.34. The molecular weight excluding hydrogens is 194 g/mol. The van der Waals surface area contributed by atoms with Gasteiger partial charge in [-0.05, 0) is 6.42 Å². The van der Waals surface area contributed by atoms with Gasteiger partial charge < -0.3 is 5.32 Å². The average molecular weight is 211 g/mol. The Bertz CT molecular complexity index is 260. The summed E-state index contributed by atoms with van der Waals surface area (Å²) in [6.45, 7) is 6.67. The summed E-state index contributed by atoms with van der Waals surface area (Å²) in [7, 11) is 0. The second-order valence-corrected chi connectivity index (χ2v) is 4.64. The maximum atomic E-state index is 4.34. The first-order valence-corrected chi connectivity index (χ1v) is 6.11. The fraction of sp³-hybridized carbons (Fsp3) is 0.700. The Morgan fingerprint density at radius 2 is 2.64 bits per heavy atom. The molecule has 0 amide bonds. The van der Waals surface area contributed by atoms with Crippen LogP contribution >= 0.6 is 11.3 Å². The van der Waals surface area contributed by atoms with Crippen molar-refractivity contribution in [2.75, 3.05) is 19.6 Å². The van der Waals surface area contributed by atoms with E-state index in [1.807, 2.05) is 6.20 Å². The van der Waals surface area contributed by atoms with Gasteiger partial charge in [0.1, 0.15) is 5.01 Å². The molecule has 1 aromatic rings. The van der Waals surface area contributed by atoms with Gasteiger partial charge in [-0.2, -0.15) is 0 Å². The lowest BCUT2D eigenvalue weighted by molar-refractivity contribution is 0.149. The summed E-state index contributed by atoms with van der Waals surface area (Å²) in [6.07, 6.45) is 3.11. The summed E-state index contributed by atoms with van der Waals surface area (Å²) in [5, 5.41) is 6.73. The van der Waals surface area contributed by atoms with Gasteiger partial charge in [0.15, 0.2) is 0 Å². The van der Waals surface area contributed by atoms with Crippen LogP contribution in [0.15, 0.2) is 11.6 Å². The Hall–Kier alpha value is -0.450. The van der Waals surface area contributed by atoms with Crippen molar-refractivity contribution in [2.45, 2.75) is 25.9 Å². The van der Waals surface area contributed by atoms with Gasteiger partial charge in [0.2, 0.25) is 0 Å². The number of aromatic nitrogens is 1. The molecule has 0 saturated carbocycles. The predicted molar refractivity (Wildman–Crippen MR) is 59.5 cm³/mol. The van der Waals surface area contributed by atoms with Crippen LogP contribution in [0.5, 0.6) is 0 Å². The third-order valence-electron chi connectivity index (χ3n) is 2.77. The Labute approximate surface area is 89.1 Å². The highest BCUT2D eigenvalue weighted by Crippen LogP contribution is 2.13. The van der Waals surface area contributed by atoms with Gasteiger partial charge in [0.25, 0.3) is 0 Å². The summed E-state index contributed by atoms with van der Waals surface area (Å²) in [5.41, 5.74) is 0. The molecule has 1 atom stereocenters. The van der Waals surface area contributed by atoms with Crippen LogP contribution in [0.2, 0.25) is 0 Å². The van der Waals surface area contributed by atoms with E-state index in [0.29, 0.717) is 6.04 Å². The minimum absolute atomic E-state index is 0.688. The van der Waals surface area contributed by atoms with Gasteiger partial charge >= 0.3 is 0 Å². The lowest BCUT2D eigenvalue weighted by Crippen LogP contribution is -2.50. The fourth-order valence-corrected chi connectivity index (χ4v) is 2.56. The van der Waals surface area contributed by atoms with Crippen LogP contribution in [-0.4, -0.2) is 35.6 Å². The first-order chi connectivity index (χ1) is 6.90. The molecule has 2 rings (SSSR count). The molecule has 0 aromatic carbocycles. The van der Waals surface area contributed by atoms with Gasteiger partial charge in [-0.1, -0.05) is 6.92 Å². The number of hydrogen-bond acceptors (Lipinski definition) is 4. The van der Waals surface area contributed by atoms with Crippen molar-refractivity contribution in [3.8, 4) is 0 Å². The van der Waals surface area contributed by atoms with Crippen LogP contribution in [0.25, 0.3) is 0 Å². The highest BCUT2D eigenvalue weighted by molar-refractivity contribution is 7.09. The SMILES string of the molecule is CCC1CNCCN1Cc1nccs1. The minimum Gasteiger partial charge on any atom is -0.314 e. The van der Waals surface area contributed by atoms with Crippen molar-refractivity contribution in [1.82, 2.24) is 15.2 Å². The molecule has 0 spiro atoms. The van der Waals surface area contributed by atoms with Crippen LogP contribution in [-0.2, 0) is 6.54 Å². The van der Waals surface area contributed by atoms with Gasteiger partial charge in [0.05, 0.1) is 6.54 Å². The van der Waals surface area contributed by atoms with E-state index in [4.69, 9.17) is 0 Å².